The summed E-state index contributed by atoms with van der Waals surface area (Å²) in [5, 5.41) is 0. The molecular formula is C13H14N2O2S. The van der Waals surface area contributed by atoms with E-state index in [9.17, 15) is 8.42 Å². The molecule has 2 aromatic rings. The minimum Gasteiger partial charge on any atom is -0.398 e. The van der Waals surface area contributed by atoms with Gasteiger partial charge in [-0.25, -0.2) is 8.42 Å². The molecular weight excluding hydrogens is 248 g/mol. The van der Waals surface area contributed by atoms with Gasteiger partial charge in [0.05, 0.1) is 16.3 Å². The Bertz CT molecular complexity index is 652. The van der Waals surface area contributed by atoms with Gasteiger partial charge in [0, 0.05) is 11.9 Å². The lowest BCUT2D eigenvalue weighted by atomic mass is 10.2. The molecule has 94 valence electrons. The summed E-state index contributed by atoms with van der Waals surface area (Å²) < 4.78 is 24.6. The van der Waals surface area contributed by atoms with Crippen molar-refractivity contribution in [3.05, 3.63) is 53.9 Å². The number of hydrogen-bond acceptors (Lipinski definition) is 4. The van der Waals surface area contributed by atoms with E-state index in [1.807, 2.05) is 0 Å². The molecule has 5 heteroatoms. The molecule has 0 atom stereocenters. The van der Waals surface area contributed by atoms with Gasteiger partial charge in [0.15, 0.2) is 9.84 Å². The topological polar surface area (TPSA) is 73.1 Å². The largest absolute Gasteiger partial charge is 0.398 e. The van der Waals surface area contributed by atoms with E-state index in [0.717, 1.165) is 0 Å². The first-order valence-electron chi connectivity index (χ1n) is 5.48. The van der Waals surface area contributed by atoms with E-state index in [4.69, 9.17) is 5.73 Å². The lowest BCUT2D eigenvalue weighted by Crippen LogP contribution is -2.09. The van der Waals surface area contributed by atoms with Crippen molar-refractivity contribution in [2.75, 3.05) is 5.73 Å². The summed E-state index contributed by atoms with van der Waals surface area (Å²) in [7, 11) is -3.41. The molecule has 0 amide bonds. The second-order valence-corrected chi connectivity index (χ2v) is 6.01. The number of hydrogen-bond donors (Lipinski definition) is 1. The van der Waals surface area contributed by atoms with Crippen LogP contribution in [0.25, 0.3) is 0 Å². The quantitative estimate of drug-likeness (QED) is 0.858. The van der Waals surface area contributed by atoms with Gasteiger partial charge in [0.2, 0.25) is 0 Å². The van der Waals surface area contributed by atoms with Gasteiger partial charge in [-0.2, -0.15) is 0 Å². The highest BCUT2D eigenvalue weighted by atomic mass is 32.2. The third kappa shape index (κ3) is 2.51. The van der Waals surface area contributed by atoms with Crippen LogP contribution in [0.15, 0.2) is 47.5 Å². The summed E-state index contributed by atoms with van der Waals surface area (Å²) in [4.78, 5) is 4.30. The zero-order valence-electron chi connectivity index (χ0n) is 10.00. The fraction of sp³-hybridized carbons (Fsp3) is 0.154. The molecule has 2 N–H and O–H groups in total. The number of anilines is 1. The Morgan fingerprint density at radius 3 is 2.61 bits per heavy atom. The first kappa shape index (κ1) is 12.6. The van der Waals surface area contributed by atoms with Crippen molar-refractivity contribution in [2.24, 2.45) is 0 Å². The fourth-order valence-corrected chi connectivity index (χ4v) is 3.31. The minimum absolute atomic E-state index is 0.113. The van der Waals surface area contributed by atoms with Gasteiger partial charge in [-0.15, -0.1) is 0 Å². The Hall–Kier alpha value is -1.88. The van der Waals surface area contributed by atoms with Gasteiger partial charge in [0.1, 0.15) is 0 Å². The highest BCUT2D eigenvalue weighted by Crippen LogP contribution is 2.23. The average molecular weight is 262 g/mol. The summed E-state index contributed by atoms with van der Waals surface area (Å²) in [6.45, 7) is 1.71. The van der Waals surface area contributed by atoms with E-state index in [1.54, 1.807) is 49.5 Å². The van der Waals surface area contributed by atoms with Crippen LogP contribution >= 0.6 is 0 Å². The first-order valence-corrected chi connectivity index (χ1v) is 7.14. The van der Waals surface area contributed by atoms with Crippen LogP contribution in [0, 0.1) is 6.92 Å². The zero-order chi connectivity index (χ0) is 13.2. The molecule has 1 aromatic carbocycles. The summed E-state index contributed by atoms with van der Waals surface area (Å²) in [5.74, 6) is -0.113. The Kier molecular flexibility index (Phi) is 3.34. The van der Waals surface area contributed by atoms with Gasteiger partial charge >= 0.3 is 0 Å². The van der Waals surface area contributed by atoms with Crippen molar-refractivity contribution in [3.8, 4) is 0 Å². The highest BCUT2D eigenvalue weighted by molar-refractivity contribution is 7.90. The van der Waals surface area contributed by atoms with Crippen molar-refractivity contribution >= 4 is 15.5 Å². The lowest BCUT2D eigenvalue weighted by Gasteiger charge is -2.09. The molecule has 0 bridgehead atoms. The fourth-order valence-electron chi connectivity index (χ4n) is 1.72. The van der Waals surface area contributed by atoms with E-state index < -0.39 is 9.84 Å². The molecule has 0 fully saturated rings. The number of benzene rings is 1. The van der Waals surface area contributed by atoms with Crippen molar-refractivity contribution < 1.29 is 8.42 Å². The number of pyridine rings is 1. The molecule has 18 heavy (non-hydrogen) atoms. The van der Waals surface area contributed by atoms with Crippen molar-refractivity contribution in [1.82, 2.24) is 4.98 Å². The summed E-state index contributed by atoms with van der Waals surface area (Å²) in [6.07, 6.45) is 1.58. The molecule has 0 aliphatic rings. The van der Waals surface area contributed by atoms with Gasteiger partial charge in [-0.1, -0.05) is 12.1 Å². The highest BCUT2D eigenvalue weighted by Gasteiger charge is 2.19. The molecule has 0 saturated carbocycles. The SMILES string of the molecule is Cc1c(N)cccc1S(=O)(=O)Cc1ccccn1. The maximum atomic E-state index is 12.3. The maximum absolute atomic E-state index is 12.3. The predicted molar refractivity (Wildman–Crippen MR) is 70.7 cm³/mol. The summed E-state index contributed by atoms with van der Waals surface area (Å²) in [5.41, 5.74) is 7.33. The minimum atomic E-state index is -3.41. The van der Waals surface area contributed by atoms with Crippen molar-refractivity contribution in [1.29, 1.82) is 0 Å². The Balaban J connectivity index is 2.41. The van der Waals surface area contributed by atoms with Crippen LogP contribution in [0.2, 0.25) is 0 Å². The van der Waals surface area contributed by atoms with Crippen LogP contribution in [-0.2, 0) is 15.6 Å². The van der Waals surface area contributed by atoms with Gasteiger partial charge in [-0.3, -0.25) is 4.98 Å². The van der Waals surface area contributed by atoms with Gasteiger partial charge < -0.3 is 5.73 Å². The van der Waals surface area contributed by atoms with E-state index in [1.165, 1.54) is 0 Å². The Morgan fingerprint density at radius 1 is 1.17 bits per heavy atom. The van der Waals surface area contributed by atoms with Crippen LogP contribution in [0.1, 0.15) is 11.3 Å². The zero-order valence-corrected chi connectivity index (χ0v) is 10.8. The van der Waals surface area contributed by atoms with Crippen molar-refractivity contribution in [3.63, 3.8) is 0 Å². The first-order chi connectivity index (χ1) is 8.50. The van der Waals surface area contributed by atoms with Crippen molar-refractivity contribution in [2.45, 2.75) is 17.6 Å². The van der Waals surface area contributed by atoms with E-state index in [2.05, 4.69) is 4.98 Å². The summed E-state index contributed by atoms with van der Waals surface area (Å²) >= 11 is 0. The molecule has 0 radical (unpaired) electrons. The molecule has 1 heterocycles. The molecule has 0 spiro atoms. The molecule has 4 nitrogen and oxygen atoms in total. The number of nitrogen functional groups attached to an aromatic ring is 1. The standard InChI is InChI=1S/C13H14N2O2S/c1-10-12(14)6-4-7-13(10)18(16,17)9-11-5-2-3-8-15-11/h2-8H,9,14H2,1H3. The molecule has 0 aliphatic heterocycles. The van der Waals surface area contributed by atoms with Crippen LogP contribution < -0.4 is 5.73 Å². The number of rotatable bonds is 3. The normalized spacial score (nSPS) is 11.4. The Labute approximate surface area is 106 Å². The summed E-state index contributed by atoms with van der Waals surface area (Å²) in [6, 6.07) is 10.1. The smallest absolute Gasteiger partial charge is 0.184 e. The molecule has 1 aromatic heterocycles. The maximum Gasteiger partial charge on any atom is 0.184 e. The van der Waals surface area contributed by atoms with E-state index in [0.29, 0.717) is 16.9 Å². The van der Waals surface area contributed by atoms with Crippen LogP contribution in [0.4, 0.5) is 5.69 Å². The van der Waals surface area contributed by atoms with E-state index in [-0.39, 0.29) is 10.6 Å². The van der Waals surface area contributed by atoms with Gasteiger partial charge in [-0.05, 0) is 36.8 Å². The monoisotopic (exact) mass is 262 g/mol. The third-order valence-corrected chi connectivity index (χ3v) is 4.51. The number of nitrogens with zero attached hydrogens (tertiary/aromatic N) is 1. The average Bonchev–Trinajstić information content (AvgIpc) is 2.33. The Morgan fingerprint density at radius 2 is 1.94 bits per heavy atom. The van der Waals surface area contributed by atoms with Crippen LogP contribution in [0.5, 0.6) is 0 Å². The number of sulfone groups is 1. The molecule has 0 saturated heterocycles. The molecule has 0 aliphatic carbocycles. The van der Waals surface area contributed by atoms with Gasteiger partial charge in [0.25, 0.3) is 0 Å². The second-order valence-electron chi connectivity index (χ2n) is 4.05. The van der Waals surface area contributed by atoms with E-state index >= 15 is 0 Å². The van der Waals surface area contributed by atoms with Crippen LogP contribution in [0.3, 0.4) is 0 Å². The number of aromatic nitrogens is 1. The predicted octanol–water partition coefficient (Wildman–Crippen LogP) is 1.95. The third-order valence-electron chi connectivity index (χ3n) is 2.73. The lowest BCUT2D eigenvalue weighted by molar-refractivity contribution is 0.594. The molecule has 0 unspecified atom stereocenters. The number of nitrogens with two attached hydrogens (primary N) is 1. The second kappa shape index (κ2) is 4.78. The molecule has 2 rings (SSSR count). The van der Waals surface area contributed by atoms with Crippen LogP contribution in [-0.4, -0.2) is 13.4 Å².